The number of allylic oxidation sites excluding steroid dienone is 1. The molecule has 10 nitrogen and oxygen atoms in total. The number of carbonyl (C=O) groups is 4. The van der Waals surface area contributed by atoms with Crippen LogP contribution >= 0.6 is 0 Å². The maximum Gasteiger partial charge on any atom is 0.313 e. The van der Waals surface area contributed by atoms with Gasteiger partial charge >= 0.3 is 5.97 Å². The highest BCUT2D eigenvalue weighted by atomic mass is 16.6. The molecule has 0 aromatic heterocycles. The van der Waals surface area contributed by atoms with Crippen LogP contribution < -0.4 is 5.32 Å². The van der Waals surface area contributed by atoms with Crippen molar-refractivity contribution in [2.75, 3.05) is 26.2 Å². The van der Waals surface area contributed by atoms with E-state index in [0.29, 0.717) is 25.1 Å². The van der Waals surface area contributed by atoms with E-state index in [9.17, 15) is 24.3 Å². The molecule has 4 heterocycles. The fraction of sp³-hybridized carbons (Fsp3) is 0.412. The summed E-state index contributed by atoms with van der Waals surface area (Å²) in [5, 5.41) is 12.5. The predicted molar refractivity (Wildman–Crippen MR) is 159 cm³/mol. The number of nitrogens with one attached hydrogen (secondary N) is 1. The van der Waals surface area contributed by atoms with Crippen molar-refractivity contribution in [1.82, 2.24) is 15.1 Å². The summed E-state index contributed by atoms with van der Waals surface area (Å²) in [6, 6.07) is 17.7. The van der Waals surface area contributed by atoms with Crippen LogP contribution in [0.15, 0.2) is 85.0 Å². The van der Waals surface area contributed by atoms with Gasteiger partial charge in [-0.15, -0.1) is 0 Å². The number of aliphatic hydroxyl groups is 1. The standard InChI is InChI=1S/C34H37N3O7/c38-20-10-19-37-30-32(41)36(22-23-11-3-1-4-12-23)18-9-17-34(30)29(31(37)40)28-25(44-34)15-7-8-16-27(39)35-21-26(43-33(28)42)24-13-5-2-6-14-24/h1-7,9,11-15,17,25-26,28-30,38H,8,10,16,18-22H2,(H,35,39)/b15-7-/t25-,26+,28+,29+,30-,34+/m1/s1. The second-order valence-corrected chi connectivity index (χ2v) is 11.7. The Morgan fingerprint density at radius 2 is 1.70 bits per heavy atom. The van der Waals surface area contributed by atoms with Crippen LogP contribution in [0.2, 0.25) is 0 Å². The van der Waals surface area contributed by atoms with Gasteiger partial charge in [-0.25, -0.2) is 0 Å². The molecule has 1 spiro atoms. The number of cyclic esters (lactones) is 1. The number of hydrogen-bond acceptors (Lipinski definition) is 7. The van der Waals surface area contributed by atoms with Crippen LogP contribution in [-0.2, 0) is 35.2 Å². The number of nitrogens with zero attached hydrogens (tertiary/aromatic N) is 2. The zero-order valence-electron chi connectivity index (χ0n) is 24.4. The largest absolute Gasteiger partial charge is 0.455 e. The van der Waals surface area contributed by atoms with E-state index in [1.54, 1.807) is 23.1 Å². The summed E-state index contributed by atoms with van der Waals surface area (Å²) in [5.41, 5.74) is 0.244. The van der Waals surface area contributed by atoms with Crippen LogP contribution in [0, 0.1) is 11.8 Å². The van der Waals surface area contributed by atoms with Gasteiger partial charge in [-0.05, 0) is 24.0 Å². The highest BCUT2D eigenvalue weighted by molar-refractivity contribution is 5.99. The number of benzene rings is 2. The van der Waals surface area contributed by atoms with Gasteiger partial charge in [-0.1, -0.05) is 85.0 Å². The fourth-order valence-electron chi connectivity index (χ4n) is 6.88. The number of esters is 1. The van der Waals surface area contributed by atoms with Gasteiger partial charge in [0.2, 0.25) is 17.7 Å². The van der Waals surface area contributed by atoms with Crippen molar-refractivity contribution in [3.8, 4) is 0 Å². The molecular formula is C34H37N3O7. The Labute approximate surface area is 256 Å². The molecule has 0 unspecified atom stereocenters. The third kappa shape index (κ3) is 5.55. The Balaban J connectivity index is 1.39. The van der Waals surface area contributed by atoms with Gasteiger partial charge in [-0.2, -0.15) is 0 Å². The van der Waals surface area contributed by atoms with Gasteiger partial charge < -0.3 is 29.7 Å². The summed E-state index contributed by atoms with van der Waals surface area (Å²) in [7, 11) is 0. The summed E-state index contributed by atoms with van der Waals surface area (Å²) in [6.45, 7) is 0.717. The fourth-order valence-corrected chi connectivity index (χ4v) is 6.88. The Bertz CT molecular complexity index is 1450. The number of aliphatic hydroxyl groups excluding tert-OH is 1. The smallest absolute Gasteiger partial charge is 0.313 e. The zero-order valence-corrected chi connectivity index (χ0v) is 24.4. The maximum absolute atomic E-state index is 14.4. The number of likely N-dealkylation sites (tertiary alicyclic amines) is 1. The molecule has 3 amide bonds. The molecular weight excluding hydrogens is 562 g/mol. The van der Waals surface area contributed by atoms with Crippen molar-refractivity contribution < 1.29 is 33.8 Å². The van der Waals surface area contributed by atoms with E-state index in [-0.39, 0.29) is 50.3 Å². The van der Waals surface area contributed by atoms with Gasteiger partial charge in [0.25, 0.3) is 0 Å². The van der Waals surface area contributed by atoms with Gasteiger partial charge in [0.05, 0.1) is 18.6 Å². The molecule has 0 saturated carbocycles. The van der Waals surface area contributed by atoms with Crippen LogP contribution in [0.25, 0.3) is 0 Å². The molecule has 44 heavy (non-hydrogen) atoms. The highest BCUT2D eigenvalue weighted by Gasteiger charge is 2.71. The van der Waals surface area contributed by atoms with Crippen LogP contribution in [0.4, 0.5) is 0 Å². The SMILES string of the molecule is O=C1CC/C=C\[C@H]2O[C@]34C=CCN(Cc5ccccc5)C(=O)[C@H]3N(CCCO)C(=O)[C@@H]4[C@H]2C(=O)O[C@H](c2ccccc2)CN1. The molecule has 4 aliphatic heterocycles. The van der Waals surface area contributed by atoms with Crippen LogP contribution in [0.1, 0.15) is 36.5 Å². The van der Waals surface area contributed by atoms with E-state index in [0.717, 1.165) is 5.56 Å². The predicted octanol–water partition coefficient (Wildman–Crippen LogP) is 2.30. The molecule has 2 saturated heterocycles. The normalized spacial score (nSPS) is 31.2. The molecule has 2 aromatic carbocycles. The van der Waals surface area contributed by atoms with Gasteiger partial charge in [-0.3, -0.25) is 19.2 Å². The number of hydrogen-bond donors (Lipinski definition) is 2. The number of ether oxygens (including phenoxy) is 2. The molecule has 6 atom stereocenters. The van der Waals surface area contributed by atoms with Gasteiger partial charge in [0.15, 0.2) is 0 Å². The van der Waals surface area contributed by atoms with Crippen molar-refractivity contribution in [2.24, 2.45) is 11.8 Å². The van der Waals surface area contributed by atoms with Gasteiger partial charge in [0.1, 0.15) is 23.7 Å². The Morgan fingerprint density at radius 1 is 0.955 bits per heavy atom. The molecule has 4 aliphatic rings. The average Bonchev–Trinajstić information content (AvgIpc) is 3.42. The first-order valence-corrected chi connectivity index (χ1v) is 15.2. The van der Waals surface area contributed by atoms with Crippen LogP contribution in [-0.4, -0.2) is 82.6 Å². The quantitative estimate of drug-likeness (QED) is 0.386. The van der Waals surface area contributed by atoms with Crippen molar-refractivity contribution in [3.05, 3.63) is 96.1 Å². The number of amides is 3. The molecule has 10 heteroatoms. The second-order valence-electron chi connectivity index (χ2n) is 11.7. The molecule has 2 N–H and O–H groups in total. The number of carbonyl (C=O) groups excluding carboxylic acids is 4. The highest BCUT2D eigenvalue weighted by Crippen LogP contribution is 2.53. The van der Waals surface area contributed by atoms with Gasteiger partial charge in [0, 0.05) is 32.7 Å². The Kier molecular flexibility index (Phi) is 8.63. The monoisotopic (exact) mass is 599 g/mol. The first-order valence-electron chi connectivity index (χ1n) is 15.2. The van der Waals surface area contributed by atoms with E-state index in [2.05, 4.69) is 5.32 Å². The molecule has 0 radical (unpaired) electrons. The van der Waals surface area contributed by atoms with E-state index < -0.39 is 41.7 Å². The molecule has 2 fully saturated rings. The lowest BCUT2D eigenvalue weighted by Gasteiger charge is -2.35. The molecule has 0 bridgehead atoms. The van der Waals surface area contributed by atoms with Crippen molar-refractivity contribution >= 4 is 23.7 Å². The molecule has 230 valence electrons. The van der Waals surface area contributed by atoms with Crippen LogP contribution in [0.5, 0.6) is 0 Å². The van der Waals surface area contributed by atoms with E-state index >= 15 is 0 Å². The minimum atomic E-state index is -1.41. The lowest BCUT2D eigenvalue weighted by Crippen LogP contribution is -2.55. The number of fused-ring (bicyclic) bond motifs is 2. The van der Waals surface area contributed by atoms with E-state index in [1.165, 1.54) is 4.90 Å². The van der Waals surface area contributed by atoms with Crippen molar-refractivity contribution in [2.45, 2.75) is 49.7 Å². The summed E-state index contributed by atoms with van der Waals surface area (Å²) in [5.74, 6) is -3.50. The molecule has 6 rings (SSSR count). The third-order valence-electron chi connectivity index (χ3n) is 8.90. The second kappa shape index (κ2) is 12.8. The number of rotatable bonds is 6. The van der Waals surface area contributed by atoms with E-state index in [1.807, 2.05) is 66.7 Å². The summed E-state index contributed by atoms with van der Waals surface area (Å²) >= 11 is 0. The minimum absolute atomic E-state index is 0.0817. The maximum atomic E-state index is 14.4. The first kappa shape index (κ1) is 29.8. The molecule has 2 aromatic rings. The van der Waals surface area contributed by atoms with E-state index in [4.69, 9.17) is 9.47 Å². The summed E-state index contributed by atoms with van der Waals surface area (Å²) in [6.07, 6.45) is 6.43. The minimum Gasteiger partial charge on any atom is -0.455 e. The lowest BCUT2D eigenvalue weighted by molar-refractivity contribution is -0.160. The third-order valence-corrected chi connectivity index (χ3v) is 8.90. The zero-order chi connectivity index (χ0) is 30.7. The Hall–Kier alpha value is -4.28. The average molecular weight is 600 g/mol. The summed E-state index contributed by atoms with van der Waals surface area (Å²) < 4.78 is 12.8. The van der Waals surface area contributed by atoms with Crippen molar-refractivity contribution in [3.63, 3.8) is 0 Å². The first-order chi connectivity index (χ1) is 21.4. The lowest BCUT2D eigenvalue weighted by atomic mass is 9.78. The molecule has 0 aliphatic carbocycles. The van der Waals surface area contributed by atoms with Crippen molar-refractivity contribution in [1.29, 1.82) is 0 Å². The van der Waals surface area contributed by atoms with Crippen LogP contribution in [0.3, 0.4) is 0 Å². The topological polar surface area (TPSA) is 125 Å². The Morgan fingerprint density at radius 3 is 2.45 bits per heavy atom. The summed E-state index contributed by atoms with van der Waals surface area (Å²) in [4.78, 5) is 58.5.